The standard InChI is InChI=1S/C15H22N2O3/c1-10(2)8-15(3,4)9-16-13(18)11-6-5-7-12(17-11)14(19)20/h5-7,10H,8-9H2,1-4H3,(H,16,18)(H,19,20). The Bertz CT molecular complexity index is 496. The first kappa shape index (κ1) is 16.1. The van der Waals surface area contributed by atoms with Gasteiger partial charge in [-0.25, -0.2) is 9.78 Å². The third-order valence-electron chi connectivity index (χ3n) is 2.89. The molecular formula is C15H22N2O3. The van der Waals surface area contributed by atoms with Gasteiger partial charge >= 0.3 is 5.97 Å². The first-order valence-electron chi connectivity index (χ1n) is 6.70. The van der Waals surface area contributed by atoms with Gasteiger partial charge < -0.3 is 10.4 Å². The van der Waals surface area contributed by atoms with Gasteiger partial charge in [0.05, 0.1) is 0 Å². The Hall–Kier alpha value is -1.91. The average molecular weight is 278 g/mol. The van der Waals surface area contributed by atoms with E-state index >= 15 is 0 Å². The molecule has 0 radical (unpaired) electrons. The molecule has 1 amide bonds. The fourth-order valence-corrected chi connectivity index (χ4v) is 2.27. The summed E-state index contributed by atoms with van der Waals surface area (Å²) in [7, 11) is 0. The molecule has 2 N–H and O–H groups in total. The van der Waals surface area contributed by atoms with Crippen molar-refractivity contribution in [2.45, 2.75) is 34.1 Å². The molecule has 0 bridgehead atoms. The van der Waals surface area contributed by atoms with E-state index in [0.29, 0.717) is 12.5 Å². The third kappa shape index (κ3) is 4.99. The highest BCUT2D eigenvalue weighted by Crippen LogP contribution is 2.24. The summed E-state index contributed by atoms with van der Waals surface area (Å²) in [5.74, 6) is -0.930. The minimum atomic E-state index is -1.14. The Kier molecular flexibility index (Phi) is 5.25. The molecule has 1 rings (SSSR count). The van der Waals surface area contributed by atoms with Gasteiger partial charge in [-0.3, -0.25) is 4.79 Å². The summed E-state index contributed by atoms with van der Waals surface area (Å²) < 4.78 is 0. The molecule has 5 heteroatoms. The van der Waals surface area contributed by atoms with Crippen LogP contribution < -0.4 is 5.32 Å². The summed E-state index contributed by atoms with van der Waals surface area (Å²) in [6, 6.07) is 4.39. The topological polar surface area (TPSA) is 79.3 Å². The zero-order valence-electron chi connectivity index (χ0n) is 12.4. The quantitative estimate of drug-likeness (QED) is 0.838. The molecule has 0 spiro atoms. The Morgan fingerprint density at radius 2 is 1.90 bits per heavy atom. The van der Waals surface area contributed by atoms with Crippen LogP contribution in [0.5, 0.6) is 0 Å². The molecular weight excluding hydrogens is 256 g/mol. The SMILES string of the molecule is CC(C)CC(C)(C)CNC(=O)c1cccc(C(=O)O)n1. The molecule has 0 aliphatic carbocycles. The number of pyridine rings is 1. The van der Waals surface area contributed by atoms with Crippen LogP contribution in [0.25, 0.3) is 0 Å². The van der Waals surface area contributed by atoms with E-state index in [1.54, 1.807) is 0 Å². The van der Waals surface area contributed by atoms with Crippen LogP contribution >= 0.6 is 0 Å². The van der Waals surface area contributed by atoms with E-state index in [1.165, 1.54) is 18.2 Å². The lowest BCUT2D eigenvalue weighted by atomic mass is 9.84. The number of rotatable bonds is 6. The van der Waals surface area contributed by atoms with Crippen LogP contribution in [-0.2, 0) is 0 Å². The van der Waals surface area contributed by atoms with E-state index in [1.807, 2.05) is 0 Å². The normalized spacial score (nSPS) is 11.4. The van der Waals surface area contributed by atoms with Crippen LogP contribution in [0, 0.1) is 11.3 Å². The molecule has 5 nitrogen and oxygen atoms in total. The van der Waals surface area contributed by atoms with Crippen LogP contribution in [0.2, 0.25) is 0 Å². The summed E-state index contributed by atoms with van der Waals surface area (Å²) in [5, 5.41) is 11.7. The molecule has 0 aromatic carbocycles. The fraction of sp³-hybridized carbons (Fsp3) is 0.533. The Labute approximate surface area is 119 Å². The molecule has 0 aliphatic heterocycles. The fourth-order valence-electron chi connectivity index (χ4n) is 2.27. The Balaban J connectivity index is 2.68. The van der Waals surface area contributed by atoms with Gasteiger partial charge in [0.15, 0.2) is 0 Å². The molecule has 1 aromatic heterocycles. The van der Waals surface area contributed by atoms with Crippen LogP contribution in [0.3, 0.4) is 0 Å². The summed E-state index contributed by atoms with van der Waals surface area (Å²) in [4.78, 5) is 26.6. The largest absolute Gasteiger partial charge is 0.477 e. The van der Waals surface area contributed by atoms with Crippen molar-refractivity contribution in [3.05, 3.63) is 29.6 Å². The lowest BCUT2D eigenvalue weighted by molar-refractivity contribution is 0.0690. The highest BCUT2D eigenvalue weighted by molar-refractivity contribution is 5.94. The summed E-state index contributed by atoms with van der Waals surface area (Å²) in [6.07, 6.45) is 0.996. The molecule has 0 aliphatic rings. The monoisotopic (exact) mass is 278 g/mol. The maximum Gasteiger partial charge on any atom is 0.354 e. The number of hydrogen-bond donors (Lipinski definition) is 2. The van der Waals surface area contributed by atoms with Crippen molar-refractivity contribution in [1.82, 2.24) is 10.3 Å². The summed E-state index contributed by atoms with van der Waals surface area (Å²) >= 11 is 0. The van der Waals surface area contributed by atoms with E-state index < -0.39 is 5.97 Å². The predicted molar refractivity (Wildman–Crippen MR) is 76.8 cm³/mol. The van der Waals surface area contributed by atoms with Crippen molar-refractivity contribution in [1.29, 1.82) is 0 Å². The van der Waals surface area contributed by atoms with Crippen LogP contribution in [0.4, 0.5) is 0 Å². The van der Waals surface area contributed by atoms with Crippen molar-refractivity contribution in [3.8, 4) is 0 Å². The minimum Gasteiger partial charge on any atom is -0.477 e. The second-order valence-electron chi connectivity index (χ2n) is 6.16. The molecule has 1 heterocycles. The number of nitrogens with zero attached hydrogens (tertiary/aromatic N) is 1. The van der Waals surface area contributed by atoms with E-state index in [2.05, 4.69) is 38.0 Å². The van der Waals surface area contributed by atoms with E-state index in [9.17, 15) is 9.59 Å². The van der Waals surface area contributed by atoms with Gasteiger partial charge in [0.25, 0.3) is 5.91 Å². The number of carbonyl (C=O) groups is 2. The molecule has 110 valence electrons. The number of amides is 1. The number of nitrogens with one attached hydrogen (secondary N) is 1. The highest BCUT2D eigenvalue weighted by Gasteiger charge is 2.21. The van der Waals surface area contributed by atoms with Crippen molar-refractivity contribution in [3.63, 3.8) is 0 Å². The summed E-state index contributed by atoms with van der Waals surface area (Å²) in [5.41, 5.74) is -0.00170. The first-order valence-corrected chi connectivity index (χ1v) is 6.70. The highest BCUT2D eigenvalue weighted by atomic mass is 16.4. The van der Waals surface area contributed by atoms with E-state index in [-0.39, 0.29) is 22.7 Å². The first-order chi connectivity index (χ1) is 9.21. The van der Waals surface area contributed by atoms with Crippen molar-refractivity contribution in [2.75, 3.05) is 6.54 Å². The summed E-state index contributed by atoms with van der Waals surface area (Å²) in [6.45, 7) is 8.99. The van der Waals surface area contributed by atoms with Crippen molar-refractivity contribution >= 4 is 11.9 Å². The number of carboxylic acid groups (broad SMARTS) is 1. The lowest BCUT2D eigenvalue weighted by Crippen LogP contribution is -2.35. The van der Waals surface area contributed by atoms with Gasteiger partial charge in [0.2, 0.25) is 0 Å². The van der Waals surface area contributed by atoms with Gasteiger partial charge in [0.1, 0.15) is 11.4 Å². The second kappa shape index (κ2) is 6.50. The number of aromatic nitrogens is 1. The van der Waals surface area contributed by atoms with Gasteiger partial charge in [0, 0.05) is 6.54 Å². The second-order valence-corrected chi connectivity index (χ2v) is 6.16. The van der Waals surface area contributed by atoms with Gasteiger partial charge in [-0.05, 0) is 29.9 Å². The molecule has 0 saturated heterocycles. The van der Waals surface area contributed by atoms with Crippen LogP contribution in [0.1, 0.15) is 55.1 Å². The van der Waals surface area contributed by atoms with Gasteiger partial charge in [-0.15, -0.1) is 0 Å². The third-order valence-corrected chi connectivity index (χ3v) is 2.89. The maximum absolute atomic E-state index is 12.0. The number of carbonyl (C=O) groups excluding carboxylic acids is 1. The Morgan fingerprint density at radius 1 is 1.30 bits per heavy atom. The maximum atomic E-state index is 12.0. The molecule has 0 unspecified atom stereocenters. The van der Waals surface area contributed by atoms with Crippen molar-refractivity contribution in [2.24, 2.45) is 11.3 Å². The predicted octanol–water partition coefficient (Wildman–Crippen LogP) is 2.58. The lowest BCUT2D eigenvalue weighted by Gasteiger charge is -2.26. The van der Waals surface area contributed by atoms with Gasteiger partial charge in [-0.1, -0.05) is 33.8 Å². The molecule has 0 fully saturated rings. The zero-order chi connectivity index (χ0) is 15.3. The minimum absolute atomic E-state index is 0.00572. The van der Waals surface area contributed by atoms with Gasteiger partial charge in [-0.2, -0.15) is 0 Å². The van der Waals surface area contributed by atoms with Crippen LogP contribution in [0.15, 0.2) is 18.2 Å². The van der Waals surface area contributed by atoms with E-state index in [0.717, 1.165) is 6.42 Å². The molecule has 1 aromatic rings. The van der Waals surface area contributed by atoms with Crippen LogP contribution in [-0.4, -0.2) is 28.5 Å². The average Bonchev–Trinajstić information content (AvgIpc) is 2.34. The number of aromatic carboxylic acids is 1. The molecule has 20 heavy (non-hydrogen) atoms. The Morgan fingerprint density at radius 3 is 2.45 bits per heavy atom. The smallest absolute Gasteiger partial charge is 0.354 e. The van der Waals surface area contributed by atoms with Crippen molar-refractivity contribution < 1.29 is 14.7 Å². The zero-order valence-corrected chi connectivity index (χ0v) is 12.4. The number of hydrogen-bond acceptors (Lipinski definition) is 3. The molecule has 0 saturated carbocycles. The van der Waals surface area contributed by atoms with E-state index in [4.69, 9.17) is 5.11 Å². The number of carboxylic acids is 1. The molecule has 0 atom stereocenters.